The van der Waals surface area contributed by atoms with Gasteiger partial charge in [0.2, 0.25) is 5.91 Å². The van der Waals surface area contributed by atoms with Gasteiger partial charge >= 0.3 is 0 Å². The highest BCUT2D eigenvalue weighted by Crippen LogP contribution is 2.25. The number of carbonyl (C=O) groups excluding carboxylic acids is 1. The molecule has 3 nitrogen and oxygen atoms in total. The number of carbonyl (C=O) groups is 1. The van der Waals surface area contributed by atoms with Crippen LogP contribution in [0.4, 0.5) is 5.69 Å². The Hall–Kier alpha value is -1.58. The average Bonchev–Trinajstić information content (AvgIpc) is 2.38. The summed E-state index contributed by atoms with van der Waals surface area (Å²) in [5, 5.41) is 3.62. The highest BCUT2D eigenvalue weighted by Gasteiger charge is 2.14. The van der Waals surface area contributed by atoms with Crippen molar-refractivity contribution in [2.45, 2.75) is 27.2 Å². The molecule has 1 N–H and O–H groups in total. The number of amides is 1. The number of anilines is 1. The van der Waals surface area contributed by atoms with E-state index in [9.17, 15) is 4.79 Å². The first-order valence-electron chi connectivity index (χ1n) is 6.55. The van der Waals surface area contributed by atoms with Crippen molar-refractivity contribution in [1.82, 2.24) is 4.98 Å². The molecular weight excluding hydrogens is 307 g/mol. The molecule has 0 fully saturated rings. The minimum absolute atomic E-state index is 0.0956. The Morgan fingerprint density at radius 1 is 1.19 bits per heavy atom. The number of nitrogens with one attached hydrogen (secondary N) is 1. The van der Waals surface area contributed by atoms with Crippen LogP contribution in [0.25, 0.3) is 0 Å². The fraction of sp³-hybridized carbons (Fsp3) is 0.250. The van der Waals surface area contributed by atoms with Gasteiger partial charge in [-0.1, -0.05) is 35.3 Å². The quantitative estimate of drug-likeness (QED) is 0.845. The highest BCUT2D eigenvalue weighted by atomic mass is 35.5. The molecule has 21 heavy (non-hydrogen) atoms. The third-order valence-electron chi connectivity index (χ3n) is 3.15. The predicted molar refractivity (Wildman–Crippen MR) is 87.2 cm³/mol. The molecule has 1 aromatic carbocycles. The summed E-state index contributed by atoms with van der Waals surface area (Å²) in [5.41, 5.74) is 4.17. The molecule has 0 unspecified atom stereocenters. The summed E-state index contributed by atoms with van der Waals surface area (Å²) >= 11 is 12.2. The van der Waals surface area contributed by atoms with E-state index < -0.39 is 0 Å². The van der Waals surface area contributed by atoms with Crippen LogP contribution < -0.4 is 5.32 Å². The zero-order chi connectivity index (χ0) is 15.6. The normalized spacial score (nSPS) is 10.5. The zero-order valence-corrected chi connectivity index (χ0v) is 13.6. The molecule has 0 radical (unpaired) electrons. The van der Waals surface area contributed by atoms with Crippen LogP contribution in [0, 0.1) is 20.8 Å². The number of aryl methyl sites for hydroxylation is 3. The lowest BCUT2D eigenvalue weighted by Crippen LogP contribution is -2.16. The molecule has 1 heterocycles. The Kier molecular flexibility index (Phi) is 4.86. The van der Waals surface area contributed by atoms with Crippen molar-refractivity contribution in [3.63, 3.8) is 0 Å². The van der Waals surface area contributed by atoms with E-state index in [-0.39, 0.29) is 17.5 Å². The van der Waals surface area contributed by atoms with E-state index in [0.717, 1.165) is 22.5 Å². The number of benzene rings is 1. The molecule has 0 aliphatic carbocycles. The molecule has 2 aromatic rings. The molecule has 0 saturated heterocycles. The van der Waals surface area contributed by atoms with Crippen molar-refractivity contribution in [1.29, 1.82) is 0 Å². The van der Waals surface area contributed by atoms with E-state index in [1.807, 2.05) is 32.0 Å². The van der Waals surface area contributed by atoms with E-state index in [4.69, 9.17) is 23.2 Å². The van der Waals surface area contributed by atoms with Crippen molar-refractivity contribution >= 4 is 34.8 Å². The summed E-state index contributed by atoms with van der Waals surface area (Å²) in [6.07, 6.45) is 0.0956. The molecule has 0 aliphatic heterocycles. The third-order valence-corrected chi connectivity index (χ3v) is 3.80. The molecule has 110 valence electrons. The van der Waals surface area contributed by atoms with Crippen LogP contribution in [-0.4, -0.2) is 10.9 Å². The average molecular weight is 323 g/mol. The second-order valence-corrected chi connectivity index (χ2v) is 5.82. The van der Waals surface area contributed by atoms with Gasteiger partial charge in [0.1, 0.15) is 5.15 Å². The first kappa shape index (κ1) is 15.8. The van der Waals surface area contributed by atoms with Crippen LogP contribution >= 0.6 is 23.2 Å². The number of rotatable bonds is 3. The van der Waals surface area contributed by atoms with Gasteiger partial charge in [0.15, 0.2) is 0 Å². The summed E-state index contributed by atoms with van der Waals surface area (Å²) in [6.45, 7) is 5.73. The van der Waals surface area contributed by atoms with Gasteiger partial charge in [0.05, 0.1) is 6.42 Å². The number of pyridine rings is 1. The smallest absolute Gasteiger partial charge is 0.228 e. The molecule has 1 aromatic heterocycles. The lowest BCUT2D eigenvalue weighted by Gasteiger charge is -2.11. The Labute approximate surface area is 134 Å². The molecule has 2 rings (SSSR count). The summed E-state index contributed by atoms with van der Waals surface area (Å²) in [4.78, 5) is 16.3. The molecule has 0 aliphatic rings. The van der Waals surface area contributed by atoms with E-state index >= 15 is 0 Å². The summed E-state index contributed by atoms with van der Waals surface area (Å²) in [5.74, 6) is -0.168. The Morgan fingerprint density at radius 3 is 2.57 bits per heavy atom. The van der Waals surface area contributed by atoms with Gasteiger partial charge in [-0.25, -0.2) is 4.98 Å². The summed E-state index contributed by atoms with van der Waals surface area (Å²) in [6, 6.07) is 7.61. The number of hydrogen-bond acceptors (Lipinski definition) is 2. The fourth-order valence-corrected chi connectivity index (χ4v) is 2.67. The van der Waals surface area contributed by atoms with Crippen LogP contribution in [0.15, 0.2) is 24.3 Å². The van der Waals surface area contributed by atoms with E-state index in [1.165, 1.54) is 0 Å². The SMILES string of the molecule is Cc1ccc(C)c(NC(=O)Cc2c(Cl)cc(C)nc2Cl)c1. The minimum atomic E-state index is -0.168. The van der Waals surface area contributed by atoms with E-state index in [1.54, 1.807) is 13.0 Å². The second-order valence-electron chi connectivity index (χ2n) is 5.06. The molecule has 0 bridgehead atoms. The van der Waals surface area contributed by atoms with E-state index in [2.05, 4.69) is 10.3 Å². The van der Waals surface area contributed by atoms with Crippen molar-refractivity contribution < 1.29 is 4.79 Å². The number of halogens is 2. The van der Waals surface area contributed by atoms with Crippen LogP contribution in [-0.2, 0) is 11.2 Å². The van der Waals surface area contributed by atoms with Gasteiger partial charge in [-0.05, 0) is 44.0 Å². The number of nitrogens with zero attached hydrogens (tertiary/aromatic N) is 1. The third kappa shape index (κ3) is 3.96. The fourth-order valence-electron chi connectivity index (χ4n) is 2.01. The topological polar surface area (TPSA) is 42.0 Å². The maximum atomic E-state index is 12.2. The standard InChI is InChI=1S/C16H16Cl2N2O/c1-9-4-5-10(2)14(6-9)20-15(21)8-12-13(17)7-11(3)19-16(12)18/h4-7H,8H2,1-3H3,(H,20,21). The first-order valence-corrected chi connectivity index (χ1v) is 7.31. The predicted octanol–water partition coefficient (Wildman–Crippen LogP) is 4.49. The Balaban J connectivity index is 2.17. The molecule has 5 heteroatoms. The molecule has 1 amide bonds. The lowest BCUT2D eigenvalue weighted by molar-refractivity contribution is -0.115. The van der Waals surface area contributed by atoms with E-state index in [0.29, 0.717) is 10.6 Å². The van der Waals surface area contributed by atoms with Crippen molar-refractivity contribution in [2.24, 2.45) is 0 Å². The molecule has 0 atom stereocenters. The van der Waals surface area contributed by atoms with Gasteiger partial charge < -0.3 is 5.32 Å². The summed E-state index contributed by atoms with van der Waals surface area (Å²) in [7, 11) is 0. The Morgan fingerprint density at radius 2 is 1.90 bits per heavy atom. The zero-order valence-electron chi connectivity index (χ0n) is 12.1. The monoisotopic (exact) mass is 322 g/mol. The lowest BCUT2D eigenvalue weighted by atomic mass is 10.1. The molecule has 0 spiro atoms. The summed E-state index contributed by atoms with van der Waals surface area (Å²) < 4.78 is 0. The second kappa shape index (κ2) is 6.46. The highest BCUT2D eigenvalue weighted by molar-refractivity contribution is 6.35. The van der Waals surface area contributed by atoms with Gasteiger partial charge in [-0.2, -0.15) is 0 Å². The Bertz CT molecular complexity index is 676. The van der Waals surface area contributed by atoms with Gasteiger partial charge in [0, 0.05) is 22.0 Å². The maximum Gasteiger partial charge on any atom is 0.228 e. The molecular formula is C16H16Cl2N2O. The largest absolute Gasteiger partial charge is 0.326 e. The van der Waals surface area contributed by atoms with Gasteiger partial charge in [-0.3, -0.25) is 4.79 Å². The molecule has 0 saturated carbocycles. The number of hydrogen-bond donors (Lipinski definition) is 1. The first-order chi connectivity index (χ1) is 9.86. The van der Waals surface area contributed by atoms with Crippen LogP contribution in [0.2, 0.25) is 10.2 Å². The van der Waals surface area contributed by atoms with Crippen molar-refractivity contribution in [3.05, 3.63) is 56.8 Å². The van der Waals surface area contributed by atoms with Crippen LogP contribution in [0.5, 0.6) is 0 Å². The van der Waals surface area contributed by atoms with Crippen molar-refractivity contribution in [2.75, 3.05) is 5.32 Å². The van der Waals surface area contributed by atoms with Crippen LogP contribution in [0.1, 0.15) is 22.4 Å². The minimum Gasteiger partial charge on any atom is -0.326 e. The van der Waals surface area contributed by atoms with Crippen LogP contribution in [0.3, 0.4) is 0 Å². The van der Waals surface area contributed by atoms with Crippen molar-refractivity contribution in [3.8, 4) is 0 Å². The van der Waals surface area contributed by atoms with Gasteiger partial charge in [0.25, 0.3) is 0 Å². The number of aromatic nitrogens is 1. The maximum absolute atomic E-state index is 12.2. The van der Waals surface area contributed by atoms with Gasteiger partial charge in [-0.15, -0.1) is 0 Å².